The van der Waals surface area contributed by atoms with Gasteiger partial charge >= 0.3 is 0 Å². The van der Waals surface area contributed by atoms with Gasteiger partial charge in [-0.15, -0.1) is 0 Å². The second-order valence-corrected chi connectivity index (χ2v) is 9.03. The van der Waals surface area contributed by atoms with Crippen LogP contribution in [-0.2, 0) is 16.4 Å². The lowest BCUT2D eigenvalue weighted by Gasteiger charge is -2.09. The van der Waals surface area contributed by atoms with Gasteiger partial charge in [0.05, 0.1) is 11.5 Å². The number of aryl methyl sites for hydroxylation is 2. The molecule has 1 saturated heterocycles. The molecular weight excluding hydrogens is 354 g/mol. The van der Waals surface area contributed by atoms with Gasteiger partial charge in [0.15, 0.2) is 15.6 Å². The van der Waals surface area contributed by atoms with Crippen molar-refractivity contribution < 1.29 is 22.4 Å². The smallest absolute Gasteiger partial charge is 0.287 e. The fraction of sp³-hybridized carbons (Fsp3) is 0.421. The number of nitrogens with one attached hydrogen (secondary N) is 1. The highest BCUT2D eigenvalue weighted by Gasteiger charge is 2.28. The fourth-order valence-corrected chi connectivity index (χ4v) is 4.91. The molecule has 2 aromatic rings. The quantitative estimate of drug-likeness (QED) is 0.836. The van der Waals surface area contributed by atoms with Crippen molar-refractivity contribution in [3.8, 4) is 5.75 Å². The second-order valence-electron chi connectivity index (χ2n) is 6.80. The summed E-state index contributed by atoms with van der Waals surface area (Å²) >= 11 is 0. The Kier molecular flexibility index (Phi) is 5.36. The van der Waals surface area contributed by atoms with E-state index < -0.39 is 9.84 Å². The molecule has 7 heteroatoms. The molecule has 2 heterocycles. The molecule has 140 valence electrons. The van der Waals surface area contributed by atoms with E-state index in [1.807, 2.05) is 32.0 Å². The van der Waals surface area contributed by atoms with Crippen LogP contribution in [0, 0.1) is 19.8 Å². The van der Waals surface area contributed by atoms with Gasteiger partial charge in [-0.3, -0.25) is 4.79 Å². The van der Waals surface area contributed by atoms with E-state index in [0.717, 1.165) is 11.3 Å². The van der Waals surface area contributed by atoms with Crippen LogP contribution >= 0.6 is 0 Å². The standard InChI is InChI=1S/C19H23NO5S/c1-13-3-5-17(14(2)9-13)24-11-16-4-6-18(25-16)19(21)20-10-15-7-8-26(22,23)12-15/h3-6,9,15H,7-8,10-12H2,1-2H3,(H,20,21). The lowest BCUT2D eigenvalue weighted by atomic mass is 10.1. The van der Waals surface area contributed by atoms with E-state index in [1.54, 1.807) is 12.1 Å². The summed E-state index contributed by atoms with van der Waals surface area (Å²) in [5, 5.41) is 2.74. The van der Waals surface area contributed by atoms with Crippen molar-refractivity contribution in [3.63, 3.8) is 0 Å². The summed E-state index contributed by atoms with van der Waals surface area (Å²) < 4.78 is 34.2. The molecule has 1 fully saturated rings. The zero-order valence-electron chi connectivity index (χ0n) is 14.9. The van der Waals surface area contributed by atoms with Gasteiger partial charge < -0.3 is 14.5 Å². The maximum absolute atomic E-state index is 12.1. The number of sulfone groups is 1. The van der Waals surface area contributed by atoms with Gasteiger partial charge in [0.2, 0.25) is 0 Å². The summed E-state index contributed by atoms with van der Waals surface area (Å²) in [6.07, 6.45) is 0.593. The van der Waals surface area contributed by atoms with Gasteiger partial charge in [0, 0.05) is 6.54 Å². The van der Waals surface area contributed by atoms with Gasteiger partial charge in [0.1, 0.15) is 18.1 Å². The molecule has 0 saturated carbocycles. The molecule has 1 unspecified atom stereocenters. The third kappa shape index (κ3) is 4.66. The molecule has 0 aliphatic carbocycles. The number of rotatable bonds is 6. The van der Waals surface area contributed by atoms with Crippen LogP contribution in [0.25, 0.3) is 0 Å². The monoisotopic (exact) mass is 377 g/mol. The van der Waals surface area contributed by atoms with Crippen molar-refractivity contribution in [2.75, 3.05) is 18.1 Å². The van der Waals surface area contributed by atoms with E-state index in [1.165, 1.54) is 5.56 Å². The van der Waals surface area contributed by atoms with Crippen LogP contribution in [0.1, 0.15) is 33.9 Å². The van der Waals surface area contributed by atoms with Gasteiger partial charge in [-0.2, -0.15) is 0 Å². The van der Waals surface area contributed by atoms with Crippen LogP contribution in [0.4, 0.5) is 0 Å². The van der Waals surface area contributed by atoms with E-state index in [4.69, 9.17) is 9.15 Å². The van der Waals surface area contributed by atoms with E-state index in [2.05, 4.69) is 5.32 Å². The SMILES string of the molecule is Cc1ccc(OCc2ccc(C(=O)NCC3CCS(=O)(=O)C3)o2)c(C)c1. The fourth-order valence-electron chi connectivity index (χ4n) is 3.04. The highest BCUT2D eigenvalue weighted by Crippen LogP contribution is 2.21. The first kappa shape index (κ1) is 18.5. The molecule has 1 aromatic carbocycles. The Hall–Kier alpha value is -2.28. The van der Waals surface area contributed by atoms with E-state index >= 15 is 0 Å². The third-order valence-electron chi connectivity index (χ3n) is 4.46. The first-order valence-corrected chi connectivity index (χ1v) is 10.4. The minimum Gasteiger partial charge on any atom is -0.485 e. The molecule has 0 spiro atoms. The number of amides is 1. The maximum atomic E-state index is 12.1. The summed E-state index contributed by atoms with van der Waals surface area (Å²) in [6, 6.07) is 9.24. The Labute approximate surface area is 153 Å². The number of hydrogen-bond donors (Lipinski definition) is 1. The molecule has 1 aromatic heterocycles. The van der Waals surface area contributed by atoms with Crippen molar-refractivity contribution in [1.82, 2.24) is 5.32 Å². The van der Waals surface area contributed by atoms with E-state index in [-0.39, 0.29) is 35.7 Å². The average molecular weight is 377 g/mol. The number of ether oxygens (including phenoxy) is 1. The molecule has 6 nitrogen and oxygen atoms in total. The molecule has 1 atom stereocenters. The zero-order valence-corrected chi connectivity index (χ0v) is 15.8. The topological polar surface area (TPSA) is 85.6 Å². The molecule has 1 aliphatic heterocycles. The summed E-state index contributed by atoms with van der Waals surface area (Å²) in [5.41, 5.74) is 2.21. The van der Waals surface area contributed by atoms with Crippen molar-refractivity contribution >= 4 is 15.7 Å². The summed E-state index contributed by atoms with van der Waals surface area (Å²) in [6.45, 7) is 4.58. The summed E-state index contributed by atoms with van der Waals surface area (Å²) in [4.78, 5) is 12.1. The van der Waals surface area contributed by atoms with Crippen molar-refractivity contribution in [3.05, 3.63) is 53.0 Å². The first-order chi connectivity index (χ1) is 12.3. The minimum atomic E-state index is -2.94. The molecule has 0 radical (unpaired) electrons. The Morgan fingerprint density at radius 1 is 1.27 bits per heavy atom. The highest BCUT2D eigenvalue weighted by atomic mass is 32.2. The van der Waals surface area contributed by atoms with Crippen LogP contribution in [0.5, 0.6) is 5.75 Å². The molecule has 1 amide bonds. The molecule has 1 N–H and O–H groups in total. The highest BCUT2D eigenvalue weighted by molar-refractivity contribution is 7.91. The van der Waals surface area contributed by atoms with Gasteiger partial charge in [-0.25, -0.2) is 8.42 Å². The van der Waals surface area contributed by atoms with E-state index in [0.29, 0.717) is 18.7 Å². The van der Waals surface area contributed by atoms with Crippen molar-refractivity contribution in [1.29, 1.82) is 0 Å². The maximum Gasteiger partial charge on any atom is 0.287 e. The van der Waals surface area contributed by atoms with Crippen LogP contribution in [-0.4, -0.2) is 32.4 Å². The second kappa shape index (κ2) is 7.53. The average Bonchev–Trinajstić information content (AvgIpc) is 3.18. The predicted molar refractivity (Wildman–Crippen MR) is 98.1 cm³/mol. The van der Waals surface area contributed by atoms with Crippen LogP contribution in [0.2, 0.25) is 0 Å². The number of hydrogen-bond acceptors (Lipinski definition) is 5. The van der Waals surface area contributed by atoms with Crippen molar-refractivity contribution in [2.45, 2.75) is 26.9 Å². The van der Waals surface area contributed by atoms with E-state index in [9.17, 15) is 13.2 Å². The number of carbonyl (C=O) groups excluding carboxylic acids is 1. The van der Waals surface area contributed by atoms with Gasteiger partial charge in [0.25, 0.3) is 5.91 Å². The summed E-state index contributed by atoms with van der Waals surface area (Å²) in [7, 11) is -2.94. The lowest BCUT2D eigenvalue weighted by molar-refractivity contribution is 0.0916. The number of benzene rings is 1. The van der Waals surface area contributed by atoms with Crippen LogP contribution < -0.4 is 10.1 Å². The van der Waals surface area contributed by atoms with Gasteiger partial charge in [-0.1, -0.05) is 17.7 Å². The Balaban J connectivity index is 1.51. The van der Waals surface area contributed by atoms with Crippen LogP contribution in [0.15, 0.2) is 34.7 Å². The van der Waals surface area contributed by atoms with Crippen molar-refractivity contribution in [2.24, 2.45) is 5.92 Å². The number of furan rings is 1. The predicted octanol–water partition coefficient (Wildman–Crippen LogP) is 2.64. The zero-order chi connectivity index (χ0) is 18.7. The normalized spacial score (nSPS) is 18.6. The summed E-state index contributed by atoms with van der Waals surface area (Å²) in [5.74, 6) is 1.51. The third-order valence-corrected chi connectivity index (χ3v) is 6.30. The molecule has 0 bridgehead atoms. The molecule has 26 heavy (non-hydrogen) atoms. The van der Waals surface area contributed by atoms with Crippen LogP contribution in [0.3, 0.4) is 0 Å². The van der Waals surface area contributed by atoms with Gasteiger partial charge in [-0.05, 0) is 49.9 Å². The Morgan fingerprint density at radius 3 is 2.77 bits per heavy atom. The lowest BCUT2D eigenvalue weighted by Crippen LogP contribution is -2.29. The Morgan fingerprint density at radius 2 is 2.08 bits per heavy atom. The largest absolute Gasteiger partial charge is 0.485 e. The molecular formula is C19H23NO5S. The number of carbonyl (C=O) groups is 1. The first-order valence-electron chi connectivity index (χ1n) is 8.60. The molecule has 3 rings (SSSR count). The Bertz CT molecular complexity index is 900. The minimum absolute atomic E-state index is 0.0220. The molecule has 1 aliphatic rings.